The van der Waals surface area contributed by atoms with E-state index in [9.17, 15) is 0 Å². The van der Waals surface area contributed by atoms with Gasteiger partial charge in [-0.1, -0.05) is 19.9 Å². The average molecular weight is 261 g/mol. The SMILES string of the molecule is C#CCCCOc1ccc(CNC(C)C)cc1OC. The molecule has 0 aliphatic heterocycles. The summed E-state index contributed by atoms with van der Waals surface area (Å²) in [6.45, 7) is 5.69. The maximum Gasteiger partial charge on any atom is 0.161 e. The smallest absolute Gasteiger partial charge is 0.161 e. The van der Waals surface area contributed by atoms with Crippen molar-refractivity contribution < 1.29 is 9.47 Å². The number of nitrogens with one attached hydrogen (secondary N) is 1. The Morgan fingerprint density at radius 1 is 1.32 bits per heavy atom. The van der Waals surface area contributed by atoms with Gasteiger partial charge in [0.15, 0.2) is 11.5 Å². The van der Waals surface area contributed by atoms with Gasteiger partial charge in [-0.25, -0.2) is 0 Å². The zero-order valence-electron chi connectivity index (χ0n) is 12.0. The highest BCUT2D eigenvalue weighted by Gasteiger charge is 2.06. The second-order valence-electron chi connectivity index (χ2n) is 4.68. The second kappa shape index (κ2) is 8.44. The van der Waals surface area contributed by atoms with E-state index < -0.39 is 0 Å². The third-order valence-corrected chi connectivity index (χ3v) is 2.67. The van der Waals surface area contributed by atoms with E-state index in [1.807, 2.05) is 12.1 Å². The van der Waals surface area contributed by atoms with E-state index in [2.05, 4.69) is 31.2 Å². The van der Waals surface area contributed by atoms with Crippen LogP contribution in [0, 0.1) is 12.3 Å². The number of hydrogen-bond acceptors (Lipinski definition) is 3. The van der Waals surface area contributed by atoms with Crippen LogP contribution in [0.15, 0.2) is 18.2 Å². The minimum Gasteiger partial charge on any atom is -0.493 e. The molecule has 3 heteroatoms. The number of terminal acetylenes is 1. The maximum absolute atomic E-state index is 5.67. The molecule has 0 heterocycles. The number of methoxy groups -OCH3 is 1. The standard InChI is InChI=1S/C16H23NO2/c1-5-6-7-10-19-15-9-8-14(11-16(15)18-4)12-17-13(2)3/h1,8-9,11,13,17H,6-7,10,12H2,2-4H3. The fraction of sp³-hybridized carbons (Fsp3) is 0.500. The molecule has 104 valence electrons. The molecule has 0 saturated carbocycles. The van der Waals surface area contributed by atoms with Crippen LogP contribution in [0.4, 0.5) is 0 Å². The Labute approximate surface area is 116 Å². The topological polar surface area (TPSA) is 30.5 Å². The Kier molecular flexibility index (Phi) is 6.84. The normalized spacial score (nSPS) is 10.3. The van der Waals surface area contributed by atoms with E-state index in [1.165, 1.54) is 5.56 Å². The molecule has 0 spiro atoms. The van der Waals surface area contributed by atoms with Crippen LogP contribution in [0.5, 0.6) is 11.5 Å². The number of hydrogen-bond donors (Lipinski definition) is 1. The lowest BCUT2D eigenvalue weighted by atomic mass is 10.2. The van der Waals surface area contributed by atoms with Crippen molar-refractivity contribution in [3.05, 3.63) is 23.8 Å². The molecule has 3 nitrogen and oxygen atoms in total. The number of unbranched alkanes of at least 4 members (excludes halogenated alkanes) is 1. The molecule has 0 unspecified atom stereocenters. The largest absolute Gasteiger partial charge is 0.493 e. The summed E-state index contributed by atoms with van der Waals surface area (Å²) >= 11 is 0. The molecule has 0 aromatic heterocycles. The minimum absolute atomic E-state index is 0.464. The Morgan fingerprint density at radius 3 is 2.74 bits per heavy atom. The summed E-state index contributed by atoms with van der Waals surface area (Å²) < 4.78 is 11.0. The lowest BCUT2D eigenvalue weighted by Gasteiger charge is -2.13. The van der Waals surface area contributed by atoms with Crippen LogP contribution in [0.1, 0.15) is 32.3 Å². The predicted molar refractivity (Wildman–Crippen MR) is 78.5 cm³/mol. The summed E-state index contributed by atoms with van der Waals surface area (Å²) in [4.78, 5) is 0. The molecule has 0 aliphatic rings. The number of ether oxygens (including phenoxy) is 2. The van der Waals surface area contributed by atoms with Crippen LogP contribution in [-0.2, 0) is 6.54 Å². The molecule has 0 amide bonds. The van der Waals surface area contributed by atoms with Gasteiger partial charge in [-0.15, -0.1) is 12.3 Å². The highest BCUT2D eigenvalue weighted by molar-refractivity contribution is 5.42. The van der Waals surface area contributed by atoms with Gasteiger partial charge in [0.25, 0.3) is 0 Å². The van der Waals surface area contributed by atoms with Gasteiger partial charge in [-0.3, -0.25) is 0 Å². The van der Waals surface area contributed by atoms with Crippen LogP contribution in [0.2, 0.25) is 0 Å². The zero-order valence-corrected chi connectivity index (χ0v) is 12.0. The Hall–Kier alpha value is -1.66. The minimum atomic E-state index is 0.464. The summed E-state index contributed by atoms with van der Waals surface area (Å²) in [5.74, 6) is 4.14. The Balaban J connectivity index is 2.60. The zero-order chi connectivity index (χ0) is 14.1. The van der Waals surface area contributed by atoms with Crippen molar-refractivity contribution in [3.63, 3.8) is 0 Å². The van der Waals surface area contributed by atoms with Gasteiger partial charge in [0, 0.05) is 19.0 Å². The van der Waals surface area contributed by atoms with E-state index in [1.54, 1.807) is 7.11 Å². The lowest BCUT2D eigenvalue weighted by Crippen LogP contribution is -2.21. The Bertz CT molecular complexity index is 421. The molecule has 19 heavy (non-hydrogen) atoms. The first-order chi connectivity index (χ1) is 9.17. The average Bonchev–Trinajstić information content (AvgIpc) is 2.42. The maximum atomic E-state index is 5.67. The van der Waals surface area contributed by atoms with Gasteiger partial charge in [-0.05, 0) is 24.1 Å². The highest BCUT2D eigenvalue weighted by atomic mass is 16.5. The predicted octanol–water partition coefficient (Wildman–Crippen LogP) is 2.99. The van der Waals surface area contributed by atoms with Gasteiger partial charge in [0.2, 0.25) is 0 Å². The van der Waals surface area contributed by atoms with Gasteiger partial charge >= 0.3 is 0 Å². The molecule has 0 bridgehead atoms. The summed E-state index contributed by atoms with van der Waals surface area (Å²) in [6, 6.07) is 6.47. The van der Waals surface area contributed by atoms with E-state index in [0.29, 0.717) is 12.6 Å². The lowest BCUT2D eigenvalue weighted by molar-refractivity contribution is 0.290. The summed E-state index contributed by atoms with van der Waals surface area (Å²) in [5, 5.41) is 3.37. The van der Waals surface area contributed by atoms with Gasteiger partial charge < -0.3 is 14.8 Å². The fourth-order valence-corrected chi connectivity index (χ4v) is 1.62. The molecule has 1 rings (SSSR count). The van der Waals surface area contributed by atoms with E-state index in [-0.39, 0.29) is 0 Å². The van der Waals surface area contributed by atoms with Crippen LogP contribution in [0.25, 0.3) is 0 Å². The molecule has 0 fully saturated rings. The molecule has 0 aliphatic carbocycles. The third kappa shape index (κ3) is 5.67. The van der Waals surface area contributed by atoms with Crippen LogP contribution in [0.3, 0.4) is 0 Å². The summed E-state index contributed by atoms with van der Waals surface area (Å²) in [5.41, 5.74) is 1.18. The number of benzene rings is 1. The van der Waals surface area contributed by atoms with E-state index in [0.717, 1.165) is 30.9 Å². The summed E-state index contributed by atoms with van der Waals surface area (Å²) in [6.07, 6.45) is 6.80. The van der Waals surface area contributed by atoms with E-state index in [4.69, 9.17) is 15.9 Å². The van der Waals surface area contributed by atoms with Crippen molar-refractivity contribution in [2.24, 2.45) is 0 Å². The van der Waals surface area contributed by atoms with Crippen molar-refractivity contribution in [2.45, 2.75) is 39.3 Å². The quantitative estimate of drug-likeness (QED) is 0.576. The Morgan fingerprint density at radius 2 is 2.11 bits per heavy atom. The van der Waals surface area contributed by atoms with Crippen LogP contribution >= 0.6 is 0 Å². The van der Waals surface area contributed by atoms with Crippen molar-refractivity contribution in [3.8, 4) is 23.8 Å². The van der Waals surface area contributed by atoms with E-state index >= 15 is 0 Å². The monoisotopic (exact) mass is 261 g/mol. The first-order valence-corrected chi connectivity index (χ1v) is 6.64. The second-order valence-corrected chi connectivity index (χ2v) is 4.68. The van der Waals surface area contributed by atoms with Gasteiger partial charge in [0.1, 0.15) is 0 Å². The molecule has 0 atom stereocenters. The molecule has 1 aromatic rings. The van der Waals surface area contributed by atoms with Crippen LogP contribution < -0.4 is 14.8 Å². The number of rotatable bonds is 8. The fourth-order valence-electron chi connectivity index (χ4n) is 1.62. The van der Waals surface area contributed by atoms with Crippen LogP contribution in [-0.4, -0.2) is 19.8 Å². The highest BCUT2D eigenvalue weighted by Crippen LogP contribution is 2.28. The first kappa shape index (κ1) is 15.4. The van der Waals surface area contributed by atoms with Crippen molar-refractivity contribution in [2.75, 3.05) is 13.7 Å². The molecular formula is C16H23NO2. The third-order valence-electron chi connectivity index (χ3n) is 2.67. The molecular weight excluding hydrogens is 238 g/mol. The van der Waals surface area contributed by atoms with Gasteiger partial charge in [0.05, 0.1) is 13.7 Å². The molecule has 1 N–H and O–H groups in total. The first-order valence-electron chi connectivity index (χ1n) is 6.64. The molecule has 0 saturated heterocycles. The summed E-state index contributed by atoms with van der Waals surface area (Å²) in [7, 11) is 1.66. The van der Waals surface area contributed by atoms with Crippen molar-refractivity contribution >= 4 is 0 Å². The van der Waals surface area contributed by atoms with Crippen molar-refractivity contribution in [1.82, 2.24) is 5.32 Å². The van der Waals surface area contributed by atoms with Gasteiger partial charge in [-0.2, -0.15) is 0 Å². The molecule has 1 aromatic carbocycles. The van der Waals surface area contributed by atoms with Crippen molar-refractivity contribution in [1.29, 1.82) is 0 Å². The molecule has 0 radical (unpaired) electrons.